The molecule has 7 heteroatoms. The van der Waals surface area contributed by atoms with Gasteiger partial charge in [0.25, 0.3) is 0 Å². The topological polar surface area (TPSA) is 0 Å². The molecule has 0 saturated carbocycles. The number of hydrogen-bond donors (Lipinski definition) is 0. The fourth-order valence-corrected chi connectivity index (χ4v) is 0.826. The van der Waals surface area contributed by atoms with Gasteiger partial charge >= 0.3 is 17.8 Å². The predicted molar refractivity (Wildman–Crippen MR) is 28.9 cm³/mol. The Kier molecular flexibility index (Phi) is 1.90. The number of hydrogen-bond acceptors (Lipinski definition) is 0. The van der Waals surface area contributed by atoms with Crippen molar-refractivity contribution in [2.45, 2.75) is 23.9 Å². The Balaban J connectivity index is 3.22. The lowest BCUT2D eigenvalue weighted by Crippen LogP contribution is -2.59. The quantitative estimate of drug-likeness (QED) is 0.424. The van der Waals surface area contributed by atoms with Gasteiger partial charge in [-0.1, -0.05) is 0 Å². The van der Waals surface area contributed by atoms with Crippen LogP contribution in [0.3, 0.4) is 0 Å². The Morgan fingerprint density at radius 3 is 1.77 bits per heavy atom. The summed E-state index contributed by atoms with van der Waals surface area (Å²) in [5.74, 6) is -16.1. The molecule has 0 N–H and O–H groups in total. The van der Waals surface area contributed by atoms with Crippen molar-refractivity contribution in [2.24, 2.45) is 0 Å². The molecule has 1 rings (SSSR count). The highest BCUT2D eigenvalue weighted by molar-refractivity contribution is 5.19. The van der Waals surface area contributed by atoms with E-state index < -0.39 is 30.0 Å². The minimum atomic E-state index is -5.69. The van der Waals surface area contributed by atoms with Gasteiger partial charge in [0, 0.05) is 0 Å². The molecule has 0 nitrogen and oxygen atoms in total. The monoisotopic (exact) mass is 208 g/mol. The summed E-state index contributed by atoms with van der Waals surface area (Å²) < 4.78 is 85.4. The van der Waals surface area contributed by atoms with Gasteiger partial charge in [-0.2, -0.15) is 26.3 Å². The summed E-state index contributed by atoms with van der Waals surface area (Å²) in [5.41, 5.74) is 0. The van der Waals surface area contributed by atoms with Crippen LogP contribution >= 0.6 is 0 Å². The largest absolute Gasteiger partial charge is 0.379 e. The first-order chi connectivity index (χ1) is 5.63. The molecule has 0 aromatic carbocycles. The Morgan fingerprint density at radius 1 is 0.923 bits per heavy atom. The van der Waals surface area contributed by atoms with E-state index in [2.05, 4.69) is 0 Å². The molecule has 0 spiro atoms. The smallest absolute Gasteiger partial charge is 0.236 e. The second-order valence-corrected chi connectivity index (χ2v) is 2.58. The van der Waals surface area contributed by atoms with Gasteiger partial charge in [-0.25, -0.2) is 4.39 Å². The van der Waals surface area contributed by atoms with Gasteiger partial charge in [0.2, 0.25) is 0 Å². The minimum absolute atomic E-state index is 0.266. The van der Waals surface area contributed by atoms with Crippen LogP contribution in [0.2, 0.25) is 0 Å². The molecule has 0 radical (unpaired) electrons. The van der Waals surface area contributed by atoms with E-state index in [1.807, 2.05) is 0 Å². The molecule has 0 heterocycles. The maximum Gasteiger partial charge on any atom is 0.379 e. The second kappa shape index (κ2) is 2.39. The van der Waals surface area contributed by atoms with E-state index in [1.54, 1.807) is 0 Å². The lowest BCUT2D eigenvalue weighted by Gasteiger charge is -2.35. The number of rotatable bonds is 0. The van der Waals surface area contributed by atoms with Crippen LogP contribution in [0.25, 0.3) is 0 Å². The van der Waals surface area contributed by atoms with Crippen molar-refractivity contribution in [3.05, 3.63) is 12.2 Å². The number of allylic oxidation sites excluding steroid dienone is 2. The van der Waals surface area contributed by atoms with Crippen molar-refractivity contribution in [1.82, 2.24) is 0 Å². The highest BCUT2D eigenvalue weighted by Crippen LogP contribution is 2.51. The van der Waals surface area contributed by atoms with Gasteiger partial charge < -0.3 is 0 Å². The Labute approximate surface area is 68.0 Å². The Bertz CT molecular complexity index is 241. The zero-order valence-corrected chi connectivity index (χ0v) is 5.88. The van der Waals surface area contributed by atoms with Crippen LogP contribution in [-0.4, -0.2) is 23.9 Å². The van der Waals surface area contributed by atoms with Crippen molar-refractivity contribution in [3.8, 4) is 0 Å². The molecule has 76 valence electrons. The first-order valence-corrected chi connectivity index (χ1v) is 3.10. The van der Waals surface area contributed by atoms with Gasteiger partial charge in [-0.3, -0.25) is 0 Å². The van der Waals surface area contributed by atoms with Crippen molar-refractivity contribution >= 4 is 0 Å². The number of alkyl halides is 7. The van der Waals surface area contributed by atoms with E-state index in [0.29, 0.717) is 0 Å². The Morgan fingerprint density at radius 2 is 1.38 bits per heavy atom. The van der Waals surface area contributed by atoms with Crippen LogP contribution < -0.4 is 0 Å². The van der Waals surface area contributed by atoms with Crippen LogP contribution in [0.5, 0.6) is 0 Å². The maximum absolute atomic E-state index is 12.2. The summed E-state index contributed by atoms with van der Waals surface area (Å²) in [6, 6.07) is 0. The van der Waals surface area contributed by atoms with Crippen LogP contribution in [0.4, 0.5) is 30.7 Å². The van der Waals surface area contributed by atoms with E-state index in [-0.39, 0.29) is 6.08 Å². The summed E-state index contributed by atoms with van der Waals surface area (Å²) in [6.07, 6.45) is -4.20. The Hall–Kier alpha value is -0.750. The highest BCUT2D eigenvalue weighted by Gasteiger charge is 2.75. The number of halogens is 7. The van der Waals surface area contributed by atoms with Gasteiger partial charge in [0.05, 0.1) is 0 Å². The van der Waals surface area contributed by atoms with Gasteiger partial charge in [0.1, 0.15) is 0 Å². The molecule has 1 atom stereocenters. The van der Waals surface area contributed by atoms with Gasteiger partial charge in [-0.15, -0.1) is 0 Å². The molecule has 0 bridgehead atoms. The van der Waals surface area contributed by atoms with Crippen molar-refractivity contribution in [3.63, 3.8) is 0 Å². The average molecular weight is 208 g/mol. The first-order valence-electron chi connectivity index (χ1n) is 3.10. The van der Waals surface area contributed by atoms with Gasteiger partial charge in [0.15, 0.2) is 6.17 Å². The third-order valence-electron chi connectivity index (χ3n) is 1.66. The van der Waals surface area contributed by atoms with E-state index in [1.165, 1.54) is 0 Å². The second-order valence-electron chi connectivity index (χ2n) is 2.58. The minimum Gasteiger partial charge on any atom is -0.236 e. The molecule has 13 heavy (non-hydrogen) atoms. The van der Waals surface area contributed by atoms with Gasteiger partial charge in [-0.05, 0) is 12.2 Å². The lowest BCUT2D eigenvalue weighted by molar-refractivity contribution is -0.311. The summed E-state index contributed by atoms with van der Waals surface area (Å²) in [4.78, 5) is 0. The average Bonchev–Trinajstić information content (AvgIpc) is 1.97. The van der Waals surface area contributed by atoms with Crippen LogP contribution in [0.1, 0.15) is 0 Å². The first kappa shape index (κ1) is 10.3. The van der Waals surface area contributed by atoms with Crippen molar-refractivity contribution < 1.29 is 30.7 Å². The third kappa shape index (κ3) is 1.13. The van der Waals surface area contributed by atoms with E-state index in [0.717, 1.165) is 0 Å². The molecule has 1 aliphatic carbocycles. The molecule has 1 aliphatic rings. The molecule has 0 saturated heterocycles. The molecule has 0 aromatic rings. The molecule has 0 fully saturated rings. The molecule has 0 amide bonds. The summed E-state index contributed by atoms with van der Waals surface area (Å²) in [5, 5.41) is 0. The maximum atomic E-state index is 12.2. The lowest BCUT2D eigenvalue weighted by atomic mass is 9.94. The zero-order valence-electron chi connectivity index (χ0n) is 5.88. The third-order valence-corrected chi connectivity index (χ3v) is 1.66. The molecule has 0 aromatic heterocycles. The fourth-order valence-electron chi connectivity index (χ4n) is 0.826. The molecular weight excluding hydrogens is 205 g/mol. The predicted octanol–water partition coefficient (Wildman–Crippen LogP) is 2.80. The molecule has 1 unspecified atom stereocenters. The summed E-state index contributed by atoms with van der Waals surface area (Å²) in [7, 11) is 0. The normalized spacial score (nSPS) is 34.5. The summed E-state index contributed by atoms with van der Waals surface area (Å²) in [6.45, 7) is 0. The summed E-state index contributed by atoms with van der Waals surface area (Å²) >= 11 is 0. The zero-order chi connectivity index (χ0) is 10.5. The standard InChI is InChI=1S/C6H3F7/c7-3-1-2-4(8,9)6(12,13)5(3,10)11/h1-3H. The van der Waals surface area contributed by atoms with E-state index >= 15 is 0 Å². The molecule has 0 aliphatic heterocycles. The van der Waals surface area contributed by atoms with E-state index in [9.17, 15) is 30.7 Å². The van der Waals surface area contributed by atoms with Crippen LogP contribution in [-0.2, 0) is 0 Å². The van der Waals surface area contributed by atoms with Crippen molar-refractivity contribution in [1.29, 1.82) is 0 Å². The highest BCUT2D eigenvalue weighted by atomic mass is 19.3. The molecular formula is C6H3F7. The fraction of sp³-hybridized carbons (Fsp3) is 0.667. The van der Waals surface area contributed by atoms with Crippen LogP contribution in [0.15, 0.2) is 12.2 Å². The van der Waals surface area contributed by atoms with Crippen molar-refractivity contribution in [2.75, 3.05) is 0 Å². The van der Waals surface area contributed by atoms with Crippen LogP contribution in [0, 0.1) is 0 Å². The SMILES string of the molecule is FC1C=CC(F)(F)C(F)(F)C1(F)F. The van der Waals surface area contributed by atoms with E-state index in [4.69, 9.17) is 0 Å².